The number of fused-ring (bicyclic) bond motifs is 1. The van der Waals surface area contributed by atoms with Gasteiger partial charge < -0.3 is 15.6 Å². The molecule has 1 aromatic heterocycles. The van der Waals surface area contributed by atoms with Crippen molar-refractivity contribution in [3.8, 4) is 0 Å². The summed E-state index contributed by atoms with van der Waals surface area (Å²) in [6, 6.07) is 11.9. The molecule has 0 aliphatic carbocycles. The van der Waals surface area contributed by atoms with Crippen LogP contribution in [0.25, 0.3) is 11.6 Å². The first kappa shape index (κ1) is 22.3. The van der Waals surface area contributed by atoms with Crippen molar-refractivity contribution < 1.29 is 14.5 Å². The van der Waals surface area contributed by atoms with Gasteiger partial charge >= 0.3 is 0 Å². The predicted octanol–water partition coefficient (Wildman–Crippen LogP) is 5.18. The monoisotopic (exact) mass is 464 g/mol. The van der Waals surface area contributed by atoms with Gasteiger partial charge in [0.15, 0.2) is 0 Å². The first-order valence-corrected chi connectivity index (χ1v) is 10.6. The van der Waals surface area contributed by atoms with Crippen molar-refractivity contribution in [1.29, 1.82) is 0 Å². The van der Waals surface area contributed by atoms with Gasteiger partial charge in [0.1, 0.15) is 0 Å². The molecule has 9 heteroatoms. The third-order valence-electron chi connectivity index (χ3n) is 5.67. The van der Waals surface area contributed by atoms with Crippen LogP contribution in [0.4, 0.5) is 11.4 Å². The highest BCUT2D eigenvalue weighted by Gasteiger charge is 2.27. The topological polar surface area (TPSA) is 117 Å². The lowest BCUT2D eigenvalue weighted by atomic mass is 10.0. The molecule has 0 bridgehead atoms. The number of rotatable bonds is 5. The van der Waals surface area contributed by atoms with Crippen molar-refractivity contribution in [3.63, 3.8) is 0 Å². The molecule has 0 unspecified atom stereocenters. The molecule has 33 heavy (non-hydrogen) atoms. The van der Waals surface area contributed by atoms with Crippen LogP contribution in [0, 0.1) is 24.0 Å². The third-order valence-corrected chi connectivity index (χ3v) is 5.90. The number of amides is 2. The van der Waals surface area contributed by atoms with Crippen molar-refractivity contribution in [2.24, 2.45) is 0 Å². The van der Waals surface area contributed by atoms with E-state index in [2.05, 4.69) is 15.6 Å². The lowest BCUT2D eigenvalue weighted by Crippen LogP contribution is -2.26. The number of carbonyl (C=O) groups is 2. The van der Waals surface area contributed by atoms with Crippen LogP contribution in [0.2, 0.25) is 5.02 Å². The maximum absolute atomic E-state index is 12.9. The summed E-state index contributed by atoms with van der Waals surface area (Å²) in [6.07, 6.45) is 1.58. The van der Waals surface area contributed by atoms with Crippen LogP contribution in [0.3, 0.4) is 0 Å². The first-order valence-electron chi connectivity index (χ1n) is 10.2. The summed E-state index contributed by atoms with van der Waals surface area (Å²) in [6.45, 7) is 5.10. The summed E-state index contributed by atoms with van der Waals surface area (Å²) in [5.74, 6) is -0.643. The van der Waals surface area contributed by atoms with E-state index in [4.69, 9.17) is 11.6 Å². The van der Waals surface area contributed by atoms with E-state index in [9.17, 15) is 19.7 Å². The lowest BCUT2D eigenvalue weighted by Gasteiger charge is -2.15. The normalized spacial score (nSPS) is 14.7. The Morgan fingerprint density at radius 3 is 2.64 bits per heavy atom. The van der Waals surface area contributed by atoms with Gasteiger partial charge in [-0.05, 0) is 62.7 Å². The number of benzene rings is 2. The zero-order valence-corrected chi connectivity index (χ0v) is 18.9. The Bertz CT molecular complexity index is 1340. The minimum absolute atomic E-state index is 0.0105. The average Bonchev–Trinajstić information content (AvgIpc) is 3.22. The number of aromatic amines is 1. The smallest absolute Gasteiger partial charge is 0.293 e. The molecule has 2 aromatic carbocycles. The molecule has 0 saturated heterocycles. The van der Waals surface area contributed by atoms with Gasteiger partial charge in [-0.15, -0.1) is 0 Å². The zero-order valence-electron chi connectivity index (χ0n) is 18.2. The molecule has 0 radical (unpaired) electrons. The third kappa shape index (κ3) is 4.25. The summed E-state index contributed by atoms with van der Waals surface area (Å²) in [4.78, 5) is 39.3. The van der Waals surface area contributed by atoms with E-state index >= 15 is 0 Å². The van der Waals surface area contributed by atoms with Gasteiger partial charge in [0.25, 0.3) is 17.5 Å². The maximum Gasteiger partial charge on any atom is 0.293 e. The fourth-order valence-corrected chi connectivity index (χ4v) is 4.14. The Labute approximate surface area is 194 Å². The number of anilines is 1. The minimum atomic E-state index is -0.449. The fourth-order valence-electron chi connectivity index (χ4n) is 3.94. The molecule has 8 nitrogen and oxygen atoms in total. The van der Waals surface area contributed by atoms with Gasteiger partial charge in [0.05, 0.1) is 27.8 Å². The number of hydrogen-bond donors (Lipinski definition) is 3. The SMILES string of the molecule is Cc1[nH]c(/C=C2\C(=O)Nc3ccc(C(=O)N[C@H](C)c4cccc(Cl)c4)cc32)c(C)c1[N+](=O)[O-]. The number of aromatic nitrogens is 1. The van der Waals surface area contributed by atoms with Crippen molar-refractivity contribution in [2.45, 2.75) is 26.8 Å². The van der Waals surface area contributed by atoms with E-state index in [1.54, 1.807) is 50.3 Å². The van der Waals surface area contributed by atoms with Crippen molar-refractivity contribution in [2.75, 3.05) is 5.32 Å². The Morgan fingerprint density at radius 1 is 1.21 bits per heavy atom. The summed E-state index contributed by atoms with van der Waals surface area (Å²) < 4.78 is 0. The summed E-state index contributed by atoms with van der Waals surface area (Å²) in [7, 11) is 0. The molecule has 168 valence electrons. The van der Waals surface area contributed by atoms with E-state index in [0.717, 1.165) is 5.56 Å². The Morgan fingerprint density at radius 2 is 1.97 bits per heavy atom. The quantitative estimate of drug-likeness (QED) is 0.274. The number of hydrogen-bond acceptors (Lipinski definition) is 4. The number of H-pyrrole nitrogens is 1. The second kappa shape index (κ2) is 8.55. The number of halogens is 1. The highest BCUT2D eigenvalue weighted by Crippen LogP contribution is 2.36. The molecular formula is C24H21ClN4O4. The highest BCUT2D eigenvalue weighted by atomic mass is 35.5. The van der Waals surface area contributed by atoms with Crippen LogP contribution in [0.15, 0.2) is 42.5 Å². The van der Waals surface area contributed by atoms with Crippen LogP contribution >= 0.6 is 11.6 Å². The largest absolute Gasteiger partial charge is 0.353 e. The molecule has 4 rings (SSSR count). The van der Waals surface area contributed by atoms with Gasteiger partial charge in [0, 0.05) is 27.5 Å². The summed E-state index contributed by atoms with van der Waals surface area (Å²) in [5.41, 5.74) is 4.01. The molecule has 3 aromatic rings. The minimum Gasteiger partial charge on any atom is -0.353 e. The zero-order chi connectivity index (χ0) is 23.9. The average molecular weight is 465 g/mol. The predicted molar refractivity (Wildman–Crippen MR) is 127 cm³/mol. The lowest BCUT2D eigenvalue weighted by molar-refractivity contribution is -0.385. The Hall–Kier alpha value is -3.91. The van der Waals surface area contributed by atoms with Crippen LogP contribution in [0.1, 0.15) is 51.4 Å². The molecule has 0 spiro atoms. The number of nitro groups is 1. The van der Waals surface area contributed by atoms with E-state index < -0.39 is 4.92 Å². The molecule has 0 saturated carbocycles. The number of nitrogens with one attached hydrogen (secondary N) is 3. The molecule has 0 fully saturated rings. The van der Waals surface area contributed by atoms with E-state index in [0.29, 0.717) is 44.4 Å². The van der Waals surface area contributed by atoms with Gasteiger partial charge in [-0.1, -0.05) is 23.7 Å². The van der Waals surface area contributed by atoms with Gasteiger partial charge in [-0.3, -0.25) is 19.7 Å². The standard InChI is InChI=1S/C24H21ClN4O4/c1-12-21(26-14(3)22(12)29(32)33)11-19-18-10-16(7-8-20(18)28-24(19)31)23(30)27-13(2)15-5-4-6-17(25)9-15/h4-11,13,26H,1-3H3,(H,27,30)(H,28,31)/b19-11-/t13-/m1/s1. The van der Waals surface area contributed by atoms with Crippen LogP contribution in [0.5, 0.6) is 0 Å². The van der Waals surface area contributed by atoms with Crippen LogP contribution in [-0.4, -0.2) is 21.7 Å². The second-order valence-electron chi connectivity index (χ2n) is 7.92. The Kier molecular flexibility index (Phi) is 5.78. The van der Waals surface area contributed by atoms with Gasteiger partial charge in [0.2, 0.25) is 0 Å². The van der Waals surface area contributed by atoms with Crippen molar-refractivity contribution >= 4 is 46.4 Å². The van der Waals surface area contributed by atoms with E-state index in [1.165, 1.54) is 0 Å². The van der Waals surface area contributed by atoms with E-state index in [-0.39, 0.29) is 23.5 Å². The number of nitrogens with zero attached hydrogens (tertiary/aromatic N) is 1. The molecule has 1 aliphatic rings. The molecule has 2 heterocycles. The number of aryl methyl sites for hydroxylation is 1. The molecule has 1 aliphatic heterocycles. The molecule has 3 N–H and O–H groups in total. The second-order valence-corrected chi connectivity index (χ2v) is 8.35. The van der Waals surface area contributed by atoms with Crippen molar-refractivity contribution in [1.82, 2.24) is 10.3 Å². The fraction of sp³-hybridized carbons (Fsp3) is 0.167. The highest BCUT2D eigenvalue weighted by molar-refractivity contribution is 6.35. The summed E-state index contributed by atoms with van der Waals surface area (Å²) >= 11 is 6.04. The number of carbonyl (C=O) groups excluding carboxylic acids is 2. The Balaban J connectivity index is 1.65. The van der Waals surface area contributed by atoms with Gasteiger partial charge in [-0.2, -0.15) is 0 Å². The molecule has 1 atom stereocenters. The van der Waals surface area contributed by atoms with Crippen LogP contribution in [-0.2, 0) is 4.79 Å². The molecule has 2 amide bonds. The van der Waals surface area contributed by atoms with Crippen LogP contribution < -0.4 is 10.6 Å². The van der Waals surface area contributed by atoms with Crippen molar-refractivity contribution in [3.05, 3.63) is 91.2 Å². The first-order chi connectivity index (χ1) is 15.7. The van der Waals surface area contributed by atoms with Gasteiger partial charge in [-0.25, -0.2) is 0 Å². The summed E-state index contributed by atoms with van der Waals surface area (Å²) in [5, 5.41) is 17.6. The maximum atomic E-state index is 12.9. The molecular weight excluding hydrogens is 444 g/mol. The van der Waals surface area contributed by atoms with E-state index in [1.807, 2.05) is 19.1 Å².